The lowest BCUT2D eigenvalue weighted by Crippen LogP contribution is -2.52. The van der Waals surface area contributed by atoms with Crippen LogP contribution in [0.2, 0.25) is 0 Å². The van der Waals surface area contributed by atoms with E-state index in [4.69, 9.17) is 5.26 Å². The maximum atomic E-state index is 14.5. The molecule has 0 spiro atoms. The number of hydrogen-bond acceptors (Lipinski definition) is 4. The molecule has 9 heteroatoms. The number of nitrogens with zero attached hydrogens (tertiary/aromatic N) is 4. The van der Waals surface area contributed by atoms with Gasteiger partial charge >= 0.3 is 0 Å². The molecule has 0 aliphatic carbocycles. The van der Waals surface area contributed by atoms with Crippen molar-refractivity contribution in [2.75, 3.05) is 26.2 Å². The Bertz CT molecular complexity index is 1260. The fourth-order valence-electron chi connectivity index (χ4n) is 3.87. The minimum absolute atomic E-state index is 0.136. The number of carbonyl (C=O) groups excluding carboxylic acids is 3. The van der Waals surface area contributed by atoms with Crippen LogP contribution in [0, 0.1) is 23.0 Å². The maximum absolute atomic E-state index is 14.5. The average molecular weight is 436 g/mol. The van der Waals surface area contributed by atoms with Crippen molar-refractivity contribution in [2.24, 2.45) is 0 Å². The molecule has 2 amide bonds. The molecule has 0 atom stereocenters. The SMILES string of the molecule is N#CCn1cc(C(=O)C(=O)N2CCN(C(=O)c3ccccc3)CC2)c2c(F)ccc(F)c21. The summed E-state index contributed by atoms with van der Waals surface area (Å²) >= 11 is 0. The molecular weight excluding hydrogens is 418 g/mol. The number of aromatic nitrogens is 1. The standard InChI is InChI=1S/C23H18F2N4O3/c24-17-6-7-18(25)20-19(17)16(14-29(20)9-8-26)21(30)23(32)28-12-10-27(11-13-28)22(31)15-4-2-1-3-5-15/h1-7,14H,9-13H2. The molecule has 1 fully saturated rings. The van der Waals surface area contributed by atoms with Crippen molar-refractivity contribution >= 4 is 28.5 Å². The zero-order chi connectivity index (χ0) is 22.8. The Balaban J connectivity index is 1.54. The van der Waals surface area contributed by atoms with Crippen molar-refractivity contribution in [3.63, 3.8) is 0 Å². The summed E-state index contributed by atoms with van der Waals surface area (Å²) in [4.78, 5) is 41.2. The largest absolute Gasteiger partial charge is 0.335 e. The molecule has 162 valence electrons. The molecule has 0 bridgehead atoms. The molecule has 0 radical (unpaired) electrons. The van der Waals surface area contributed by atoms with Gasteiger partial charge in [0.1, 0.15) is 18.2 Å². The normalized spacial score (nSPS) is 13.8. The minimum atomic E-state index is -0.987. The van der Waals surface area contributed by atoms with Gasteiger partial charge in [-0.25, -0.2) is 8.78 Å². The van der Waals surface area contributed by atoms with E-state index in [1.807, 2.05) is 6.07 Å². The van der Waals surface area contributed by atoms with Crippen LogP contribution in [0.25, 0.3) is 10.9 Å². The molecule has 3 aromatic rings. The van der Waals surface area contributed by atoms with Crippen molar-refractivity contribution < 1.29 is 23.2 Å². The lowest BCUT2D eigenvalue weighted by Gasteiger charge is -2.34. The van der Waals surface area contributed by atoms with Crippen molar-refractivity contribution in [3.8, 4) is 6.07 Å². The van der Waals surface area contributed by atoms with Gasteiger partial charge in [-0.15, -0.1) is 0 Å². The van der Waals surface area contributed by atoms with E-state index < -0.39 is 23.3 Å². The zero-order valence-electron chi connectivity index (χ0n) is 16.9. The molecule has 2 aromatic carbocycles. The molecule has 0 N–H and O–H groups in total. The van der Waals surface area contributed by atoms with Crippen LogP contribution in [0.3, 0.4) is 0 Å². The van der Waals surface area contributed by atoms with Gasteiger partial charge in [-0.05, 0) is 24.3 Å². The first kappa shape index (κ1) is 21.2. The summed E-state index contributed by atoms with van der Waals surface area (Å²) < 4.78 is 29.9. The third kappa shape index (κ3) is 3.71. The van der Waals surface area contributed by atoms with E-state index in [9.17, 15) is 23.2 Å². The van der Waals surface area contributed by atoms with E-state index >= 15 is 0 Å². The molecule has 1 aromatic heterocycles. The second kappa shape index (κ2) is 8.59. The molecule has 7 nitrogen and oxygen atoms in total. The Morgan fingerprint density at radius 1 is 0.906 bits per heavy atom. The van der Waals surface area contributed by atoms with E-state index in [0.29, 0.717) is 5.56 Å². The van der Waals surface area contributed by atoms with Crippen LogP contribution in [0.4, 0.5) is 8.78 Å². The monoisotopic (exact) mass is 436 g/mol. The summed E-state index contributed by atoms with van der Waals surface area (Å²) in [7, 11) is 0. The van der Waals surface area contributed by atoms with Gasteiger partial charge in [-0.2, -0.15) is 5.26 Å². The molecule has 0 unspecified atom stereocenters. The van der Waals surface area contributed by atoms with Crippen LogP contribution >= 0.6 is 0 Å². The van der Waals surface area contributed by atoms with E-state index in [1.165, 1.54) is 4.90 Å². The number of ketones is 1. The molecule has 4 rings (SSSR count). The van der Waals surface area contributed by atoms with Crippen LogP contribution < -0.4 is 0 Å². The summed E-state index contributed by atoms with van der Waals surface area (Å²) in [5.74, 6) is -3.67. The Kier molecular flexibility index (Phi) is 5.69. The topological polar surface area (TPSA) is 86.4 Å². The lowest BCUT2D eigenvalue weighted by molar-refractivity contribution is -0.127. The Hall–Kier alpha value is -4.06. The van der Waals surface area contributed by atoms with E-state index in [1.54, 1.807) is 35.2 Å². The fraction of sp³-hybridized carbons (Fsp3) is 0.217. The smallest absolute Gasteiger partial charge is 0.295 e. The average Bonchev–Trinajstić information content (AvgIpc) is 3.21. The van der Waals surface area contributed by atoms with Crippen LogP contribution in [0.5, 0.6) is 0 Å². The fourth-order valence-corrected chi connectivity index (χ4v) is 3.87. The first-order chi connectivity index (χ1) is 15.4. The highest BCUT2D eigenvalue weighted by atomic mass is 19.1. The van der Waals surface area contributed by atoms with E-state index in [2.05, 4.69) is 0 Å². The highest BCUT2D eigenvalue weighted by Crippen LogP contribution is 2.28. The second-order valence-corrected chi connectivity index (χ2v) is 7.36. The molecular formula is C23H18F2N4O3. The van der Waals surface area contributed by atoms with Crippen LogP contribution in [0.1, 0.15) is 20.7 Å². The number of nitriles is 1. The number of fused-ring (bicyclic) bond motifs is 1. The number of piperazine rings is 1. The molecule has 1 aliphatic rings. The number of amides is 2. The van der Waals surface area contributed by atoms with Crippen molar-refractivity contribution in [1.29, 1.82) is 5.26 Å². The molecule has 2 heterocycles. The number of hydrogen-bond donors (Lipinski definition) is 0. The summed E-state index contributed by atoms with van der Waals surface area (Å²) in [6.07, 6.45) is 1.13. The van der Waals surface area contributed by atoms with Gasteiger partial charge < -0.3 is 14.4 Å². The number of halogens is 2. The molecule has 0 saturated carbocycles. The number of Topliss-reactive ketones (excluding diaryl/α,β-unsaturated/α-hetero) is 1. The Morgan fingerprint density at radius 2 is 1.53 bits per heavy atom. The number of rotatable bonds is 4. The van der Waals surface area contributed by atoms with Gasteiger partial charge in [0.2, 0.25) is 0 Å². The van der Waals surface area contributed by atoms with Gasteiger partial charge in [0.05, 0.1) is 17.1 Å². The number of carbonyl (C=O) groups is 3. The predicted molar refractivity (Wildman–Crippen MR) is 111 cm³/mol. The first-order valence-electron chi connectivity index (χ1n) is 9.94. The molecule has 1 aliphatic heterocycles. The zero-order valence-corrected chi connectivity index (χ0v) is 16.9. The van der Waals surface area contributed by atoms with Gasteiger partial charge in [0.25, 0.3) is 17.6 Å². The second-order valence-electron chi connectivity index (χ2n) is 7.36. The van der Waals surface area contributed by atoms with Gasteiger partial charge in [-0.3, -0.25) is 14.4 Å². The van der Waals surface area contributed by atoms with Crippen molar-refractivity contribution in [3.05, 3.63) is 71.4 Å². The highest BCUT2D eigenvalue weighted by molar-refractivity contribution is 6.45. The Labute approximate surface area is 182 Å². The lowest BCUT2D eigenvalue weighted by atomic mass is 10.1. The Morgan fingerprint density at radius 3 is 2.19 bits per heavy atom. The van der Waals surface area contributed by atoms with Crippen LogP contribution in [-0.4, -0.2) is 58.1 Å². The van der Waals surface area contributed by atoms with Crippen LogP contribution in [-0.2, 0) is 11.3 Å². The molecule has 1 saturated heterocycles. The molecule has 32 heavy (non-hydrogen) atoms. The maximum Gasteiger partial charge on any atom is 0.295 e. The first-order valence-corrected chi connectivity index (χ1v) is 9.94. The third-order valence-electron chi connectivity index (χ3n) is 5.47. The van der Waals surface area contributed by atoms with Gasteiger partial charge in [0, 0.05) is 43.3 Å². The van der Waals surface area contributed by atoms with Crippen molar-refractivity contribution in [1.82, 2.24) is 14.4 Å². The summed E-state index contributed by atoms with van der Waals surface area (Å²) in [6, 6.07) is 12.3. The van der Waals surface area contributed by atoms with E-state index in [-0.39, 0.29) is 55.1 Å². The van der Waals surface area contributed by atoms with Gasteiger partial charge in [0.15, 0.2) is 0 Å². The van der Waals surface area contributed by atoms with E-state index in [0.717, 1.165) is 22.9 Å². The summed E-state index contributed by atoms with van der Waals surface area (Å²) in [5.41, 5.74) is 0.00664. The minimum Gasteiger partial charge on any atom is -0.335 e. The third-order valence-corrected chi connectivity index (χ3v) is 5.47. The number of benzene rings is 2. The highest BCUT2D eigenvalue weighted by Gasteiger charge is 2.31. The predicted octanol–water partition coefficient (Wildman–Crippen LogP) is 2.61. The van der Waals surface area contributed by atoms with Crippen LogP contribution in [0.15, 0.2) is 48.7 Å². The van der Waals surface area contributed by atoms with Gasteiger partial charge in [-0.1, -0.05) is 18.2 Å². The summed E-state index contributed by atoms with van der Waals surface area (Å²) in [5, 5.41) is 8.65. The quantitative estimate of drug-likeness (QED) is 0.465. The van der Waals surface area contributed by atoms with Crippen molar-refractivity contribution in [2.45, 2.75) is 6.54 Å². The summed E-state index contributed by atoms with van der Waals surface area (Å²) in [6.45, 7) is 0.449.